The number of hydrogen-bond donors (Lipinski definition) is 1. The van der Waals surface area contributed by atoms with Crippen LogP contribution in [0.4, 0.5) is 5.69 Å². The average Bonchev–Trinajstić information content (AvgIpc) is 2.85. The third-order valence-corrected chi connectivity index (χ3v) is 5.25. The molecule has 3 aromatic rings. The number of nitrogens with zero attached hydrogens (tertiary/aromatic N) is 3. The molecule has 1 N–H and O–H groups in total. The number of carbonyl (C=O) groups is 1. The van der Waals surface area contributed by atoms with E-state index in [1.807, 2.05) is 36.4 Å². The molecule has 7 heteroatoms. The van der Waals surface area contributed by atoms with Gasteiger partial charge < -0.3 is 14.8 Å². The van der Waals surface area contributed by atoms with Gasteiger partial charge in [0, 0.05) is 67.2 Å². The van der Waals surface area contributed by atoms with Gasteiger partial charge in [0.05, 0.1) is 20.3 Å². The molecular formula is C25H26N4O3. The monoisotopic (exact) mass is 430 g/mol. The summed E-state index contributed by atoms with van der Waals surface area (Å²) in [5.74, 6) is 0.351. The highest BCUT2D eigenvalue weighted by atomic mass is 16.5. The predicted octanol–water partition coefficient (Wildman–Crippen LogP) is 3.64. The number of carbonyl (C=O) groups excluding carboxylic acids is 1. The molecule has 1 aliphatic rings. The van der Waals surface area contributed by atoms with Gasteiger partial charge >= 0.3 is 0 Å². The van der Waals surface area contributed by atoms with E-state index in [0.29, 0.717) is 5.88 Å². The van der Waals surface area contributed by atoms with Crippen LogP contribution in [0.3, 0.4) is 0 Å². The maximum Gasteiger partial charge on any atom is 0.248 e. The van der Waals surface area contributed by atoms with E-state index in [9.17, 15) is 4.79 Å². The number of ether oxygens (including phenoxy) is 2. The van der Waals surface area contributed by atoms with Crippen molar-refractivity contribution in [1.82, 2.24) is 14.9 Å². The van der Waals surface area contributed by atoms with Crippen LogP contribution < -0.4 is 10.1 Å². The summed E-state index contributed by atoms with van der Waals surface area (Å²) in [7, 11) is 1.58. The summed E-state index contributed by atoms with van der Waals surface area (Å²) in [6.07, 6.45) is 8.46. The molecule has 164 valence electrons. The molecule has 0 aliphatic carbocycles. The topological polar surface area (TPSA) is 76.6 Å². The van der Waals surface area contributed by atoms with E-state index in [4.69, 9.17) is 9.47 Å². The van der Waals surface area contributed by atoms with Crippen molar-refractivity contribution < 1.29 is 14.3 Å². The molecule has 1 aromatic carbocycles. The second kappa shape index (κ2) is 10.7. The van der Waals surface area contributed by atoms with Gasteiger partial charge in [0.1, 0.15) is 0 Å². The van der Waals surface area contributed by atoms with E-state index in [2.05, 4.69) is 20.2 Å². The molecule has 0 radical (unpaired) electrons. The van der Waals surface area contributed by atoms with Crippen molar-refractivity contribution in [2.24, 2.45) is 0 Å². The second-order valence-corrected chi connectivity index (χ2v) is 7.46. The minimum absolute atomic E-state index is 0.200. The van der Waals surface area contributed by atoms with Crippen LogP contribution in [-0.2, 0) is 16.1 Å². The van der Waals surface area contributed by atoms with E-state index in [1.54, 1.807) is 37.8 Å². The van der Waals surface area contributed by atoms with E-state index in [-0.39, 0.29) is 5.91 Å². The number of anilines is 1. The van der Waals surface area contributed by atoms with Crippen molar-refractivity contribution in [3.05, 3.63) is 78.3 Å². The molecule has 1 saturated heterocycles. The van der Waals surface area contributed by atoms with Gasteiger partial charge in [0.15, 0.2) is 0 Å². The summed E-state index contributed by atoms with van der Waals surface area (Å²) in [6.45, 7) is 4.36. The second-order valence-electron chi connectivity index (χ2n) is 7.46. The van der Waals surface area contributed by atoms with Gasteiger partial charge in [0.25, 0.3) is 0 Å². The zero-order valence-electron chi connectivity index (χ0n) is 18.0. The van der Waals surface area contributed by atoms with Crippen molar-refractivity contribution in [1.29, 1.82) is 0 Å². The van der Waals surface area contributed by atoms with Crippen LogP contribution in [0.2, 0.25) is 0 Å². The lowest BCUT2D eigenvalue weighted by Crippen LogP contribution is -2.35. The van der Waals surface area contributed by atoms with Crippen LogP contribution in [0.25, 0.3) is 17.2 Å². The molecule has 7 nitrogen and oxygen atoms in total. The number of hydrogen-bond acceptors (Lipinski definition) is 6. The summed E-state index contributed by atoms with van der Waals surface area (Å²) in [6, 6.07) is 13.6. The maximum absolute atomic E-state index is 12.4. The third-order valence-electron chi connectivity index (χ3n) is 5.25. The van der Waals surface area contributed by atoms with Crippen molar-refractivity contribution in [3.63, 3.8) is 0 Å². The van der Waals surface area contributed by atoms with Gasteiger partial charge in [-0.25, -0.2) is 4.98 Å². The standard InChI is InChI=1S/C25H26N4O3/c1-31-25-9-5-21(17-27-25)23-10-11-26-16-20(23)4-8-24(30)28-22-6-2-19(3-7-22)18-29-12-14-32-15-13-29/h2-11,16-17H,12-15,18H2,1H3,(H,28,30). The molecule has 32 heavy (non-hydrogen) atoms. The normalized spacial score (nSPS) is 14.4. The van der Waals surface area contributed by atoms with Crippen LogP contribution in [0, 0.1) is 0 Å². The van der Waals surface area contributed by atoms with Gasteiger partial charge in [-0.3, -0.25) is 14.7 Å². The number of methoxy groups -OCH3 is 1. The Balaban J connectivity index is 1.38. The van der Waals surface area contributed by atoms with E-state index in [0.717, 1.165) is 55.2 Å². The fraction of sp³-hybridized carbons (Fsp3) is 0.240. The largest absolute Gasteiger partial charge is 0.481 e. The number of aromatic nitrogens is 2. The molecule has 4 rings (SSSR count). The van der Waals surface area contributed by atoms with Gasteiger partial charge in [-0.2, -0.15) is 0 Å². The molecular weight excluding hydrogens is 404 g/mol. The Kier molecular flexibility index (Phi) is 7.22. The Morgan fingerprint density at radius 1 is 1.12 bits per heavy atom. The maximum atomic E-state index is 12.4. The summed E-state index contributed by atoms with van der Waals surface area (Å²) >= 11 is 0. The quantitative estimate of drug-likeness (QED) is 0.577. The molecule has 3 heterocycles. The molecule has 0 bridgehead atoms. The molecule has 0 spiro atoms. The first-order valence-electron chi connectivity index (χ1n) is 10.5. The van der Waals surface area contributed by atoms with E-state index < -0.39 is 0 Å². The van der Waals surface area contributed by atoms with Crippen molar-refractivity contribution in [2.75, 3.05) is 38.7 Å². The number of amides is 1. The minimum atomic E-state index is -0.200. The fourth-order valence-corrected chi connectivity index (χ4v) is 3.52. The summed E-state index contributed by atoms with van der Waals surface area (Å²) < 4.78 is 10.5. The number of nitrogens with one attached hydrogen (secondary N) is 1. The Hall–Kier alpha value is -3.55. The summed E-state index contributed by atoms with van der Waals surface area (Å²) in [5.41, 5.74) is 4.66. The lowest BCUT2D eigenvalue weighted by atomic mass is 10.0. The molecule has 0 unspecified atom stereocenters. The Labute approximate surface area is 187 Å². The van der Waals surface area contributed by atoms with Crippen LogP contribution in [-0.4, -0.2) is 54.2 Å². The molecule has 1 fully saturated rings. The Morgan fingerprint density at radius 2 is 1.94 bits per heavy atom. The molecule has 1 aliphatic heterocycles. The highest BCUT2D eigenvalue weighted by Crippen LogP contribution is 2.24. The Bertz CT molecular complexity index is 1060. The van der Waals surface area contributed by atoms with Crippen molar-refractivity contribution >= 4 is 17.7 Å². The average molecular weight is 431 g/mol. The molecule has 0 atom stereocenters. The van der Waals surface area contributed by atoms with Crippen LogP contribution in [0.15, 0.2) is 67.1 Å². The SMILES string of the molecule is COc1ccc(-c2ccncc2C=CC(=O)Nc2ccc(CN3CCOCC3)cc2)cn1. The lowest BCUT2D eigenvalue weighted by Gasteiger charge is -2.26. The van der Waals surface area contributed by atoms with Gasteiger partial charge in [-0.05, 0) is 41.5 Å². The van der Waals surface area contributed by atoms with Crippen molar-refractivity contribution in [2.45, 2.75) is 6.54 Å². The number of rotatable bonds is 7. The number of morpholine rings is 1. The van der Waals surface area contributed by atoms with Crippen molar-refractivity contribution in [3.8, 4) is 17.0 Å². The van der Waals surface area contributed by atoms with Crippen LogP contribution >= 0.6 is 0 Å². The lowest BCUT2D eigenvalue weighted by molar-refractivity contribution is -0.111. The summed E-state index contributed by atoms with van der Waals surface area (Å²) in [4.78, 5) is 23.3. The zero-order chi connectivity index (χ0) is 22.2. The van der Waals surface area contributed by atoms with Crippen LogP contribution in [0.5, 0.6) is 5.88 Å². The fourth-order valence-electron chi connectivity index (χ4n) is 3.52. The molecule has 2 aromatic heterocycles. The first-order valence-corrected chi connectivity index (χ1v) is 10.5. The van der Waals surface area contributed by atoms with E-state index >= 15 is 0 Å². The first kappa shape index (κ1) is 21.7. The van der Waals surface area contributed by atoms with Gasteiger partial charge in [-0.15, -0.1) is 0 Å². The molecule has 0 saturated carbocycles. The van der Waals surface area contributed by atoms with Gasteiger partial charge in [-0.1, -0.05) is 12.1 Å². The highest BCUT2D eigenvalue weighted by molar-refractivity contribution is 6.02. The first-order chi connectivity index (χ1) is 15.7. The minimum Gasteiger partial charge on any atom is -0.481 e. The smallest absolute Gasteiger partial charge is 0.248 e. The zero-order valence-corrected chi connectivity index (χ0v) is 18.0. The number of benzene rings is 1. The Morgan fingerprint density at radius 3 is 2.66 bits per heavy atom. The predicted molar refractivity (Wildman–Crippen MR) is 124 cm³/mol. The number of pyridine rings is 2. The van der Waals surface area contributed by atoms with Crippen LogP contribution in [0.1, 0.15) is 11.1 Å². The molecule has 1 amide bonds. The van der Waals surface area contributed by atoms with E-state index in [1.165, 1.54) is 11.6 Å². The third kappa shape index (κ3) is 5.78. The summed E-state index contributed by atoms with van der Waals surface area (Å²) in [5, 5.41) is 2.91. The van der Waals surface area contributed by atoms with Gasteiger partial charge in [0.2, 0.25) is 11.8 Å². The highest BCUT2D eigenvalue weighted by Gasteiger charge is 2.10.